The third kappa shape index (κ3) is 4.00. The van der Waals surface area contributed by atoms with E-state index in [0.717, 1.165) is 61.7 Å². The van der Waals surface area contributed by atoms with E-state index in [-0.39, 0.29) is 12.0 Å². The van der Waals surface area contributed by atoms with Crippen molar-refractivity contribution in [2.45, 2.75) is 77.9 Å². The highest BCUT2D eigenvalue weighted by molar-refractivity contribution is 5.79. The molecule has 0 spiro atoms. The summed E-state index contributed by atoms with van der Waals surface area (Å²) in [5, 5.41) is 7.23. The summed E-state index contributed by atoms with van der Waals surface area (Å²) in [6.45, 7) is 7.89. The summed E-state index contributed by atoms with van der Waals surface area (Å²) in [6.07, 6.45) is 7.58. The van der Waals surface area contributed by atoms with E-state index in [9.17, 15) is 4.79 Å². The standard InChI is InChI=1S/C19H31N3O2/c1-13-6-8-16(9-7-13)22(12-17-5-4-10-24-17)19(23)11-18-14(2)20-21-15(18)3/h13,16-17H,4-12H2,1-3H3,(H,20,21)/t13?,16?,17-/m0/s1. The molecule has 0 bridgehead atoms. The minimum absolute atomic E-state index is 0.222. The molecule has 2 heterocycles. The van der Waals surface area contributed by atoms with Gasteiger partial charge in [-0.05, 0) is 58.3 Å². The minimum Gasteiger partial charge on any atom is -0.376 e. The first-order valence-electron chi connectivity index (χ1n) is 9.46. The van der Waals surface area contributed by atoms with Crippen molar-refractivity contribution in [2.75, 3.05) is 13.2 Å². The second-order valence-electron chi connectivity index (χ2n) is 7.68. The van der Waals surface area contributed by atoms with Crippen LogP contribution < -0.4 is 0 Å². The number of aromatic nitrogens is 2. The predicted molar refractivity (Wildman–Crippen MR) is 93.9 cm³/mol. The average Bonchev–Trinajstić information content (AvgIpc) is 3.19. The number of carbonyl (C=O) groups is 1. The maximum atomic E-state index is 13.1. The van der Waals surface area contributed by atoms with Gasteiger partial charge in [-0.1, -0.05) is 6.92 Å². The zero-order valence-corrected chi connectivity index (χ0v) is 15.3. The largest absolute Gasteiger partial charge is 0.376 e. The van der Waals surface area contributed by atoms with Crippen LogP contribution in [0.2, 0.25) is 0 Å². The van der Waals surface area contributed by atoms with E-state index in [0.29, 0.717) is 12.5 Å². The number of hydrogen-bond acceptors (Lipinski definition) is 3. The van der Waals surface area contributed by atoms with Gasteiger partial charge in [0.1, 0.15) is 0 Å². The zero-order valence-electron chi connectivity index (χ0n) is 15.3. The number of H-pyrrole nitrogens is 1. The van der Waals surface area contributed by atoms with Crippen LogP contribution >= 0.6 is 0 Å². The lowest BCUT2D eigenvalue weighted by molar-refractivity contribution is -0.135. The molecule has 5 nitrogen and oxygen atoms in total. The van der Waals surface area contributed by atoms with Gasteiger partial charge in [-0.15, -0.1) is 0 Å². The predicted octanol–water partition coefficient (Wildman–Crippen LogP) is 3.16. The van der Waals surface area contributed by atoms with Gasteiger partial charge in [-0.25, -0.2) is 0 Å². The Morgan fingerprint density at radius 3 is 2.58 bits per heavy atom. The molecule has 1 aliphatic carbocycles. The van der Waals surface area contributed by atoms with E-state index >= 15 is 0 Å². The van der Waals surface area contributed by atoms with Crippen molar-refractivity contribution < 1.29 is 9.53 Å². The Labute approximate surface area is 145 Å². The van der Waals surface area contributed by atoms with Crippen LogP contribution in [0.5, 0.6) is 0 Å². The summed E-state index contributed by atoms with van der Waals surface area (Å²) < 4.78 is 5.82. The Balaban J connectivity index is 1.71. The molecule has 2 fully saturated rings. The maximum Gasteiger partial charge on any atom is 0.227 e. The topological polar surface area (TPSA) is 58.2 Å². The van der Waals surface area contributed by atoms with Crippen LogP contribution in [0.25, 0.3) is 0 Å². The second kappa shape index (κ2) is 7.68. The van der Waals surface area contributed by atoms with Crippen LogP contribution in [0.1, 0.15) is 62.4 Å². The van der Waals surface area contributed by atoms with Gasteiger partial charge in [-0.2, -0.15) is 5.10 Å². The molecule has 1 N–H and O–H groups in total. The van der Waals surface area contributed by atoms with Gasteiger partial charge in [-0.3, -0.25) is 9.89 Å². The number of hydrogen-bond donors (Lipinski definition) is 1. The summed E-state index contributed by atoms with van der Waals surface area (Å²) in [6, 6.07) is 0.380. The number of nitrogens with one attached hydrogen (secondary N) is 1. The van der Waals surface area contributed by atoms with Gasteiger partial charge < -0.3 is 9.64 Å². The number of ether oxygens (including phenoxy) is 1. The normalized spacial score (nSPS) is 27.4. The zero-order chi connectivity index (χ0) is 17.1. The quantitative estimate of drug-likeness (QED) is 0.900. The van der Waals surface area contributed by atoms with Crippen LogP contribution in [0.3, 0.4) is 0 Å². The van der Waals surface area contributed by atoms with E-state index in [4.69, 9.17) is 4.74 Å². The molecule has 1 saturated carbocycles. The van der Waals surface area contributed by atoms with Crippen LogP contribution in [0, 0.1) is 19.8 Å². The second-order valence-corrected chi connectivity index (χ2v) is 7.68. The molecule has 1 atom stereocenters. The molecule has 24 heavy (non-hydrogen) atoms. The van der Waals surface area contributed by atoms with E-state index in [2.05, 4.69) is 22.0 Å². The van der Waals surface area contributed by atoms with E-state index in [1.807, 2.05) is 13.8 Å². The molecule has 3 rings (SSSR count). The number of rotatable bonds is 5. The molecule has 134 valence electrons. The molecular weight excluding hydrogens is 302 g/mol. The van der Waals surface area contributed by atoms with Crippen molar-refractivity contribution in [3.8, 4) is 0 Å². The fourth-order valence-electron chi connectivity index (χ4n) is 4.10. The number of carbonyl (C=O) groups excluding carboxylic acids is 1. The molecule has 2 aliphatic rings. The van der Waals surface area contributed by atoms with Crippen LogP contribution in [-0.2, 0) is 16.0 Å². The maximum absolute atomic E-state index is 13.1. The molecule has 1 aliphatic heterocycles. The SMILES string of the molecule is Cc1n[nH]c(C)c1CC(=O)N(C[C@@H]1CCCO1)C1CCC(C)CC1. The molecule has 0 aromatic carbocycles. The van der Waals surface area contributed by atoms with Crippen molar-refractivity contribution in [3.05, 3.63) is 17.0 Å². The summed E-state index contributed by atoms with van der Waals surface area (Å²) >= 11 is 0. The minimum atomic E-state index is 0.222. The lowest BCUT2D eigenvalue weighted by atomic mass is 9.86. The van der Waals surface area contributed by atoms with Crippen LogP contribution in [0.4, 0.5) is 0 Å². The third-order valence-corrected chi connectivity index (χ3v) is 5.78. The van der Waals surface area contributed by atoms with Gasteiger partial charge in [0.15, 0.2) is 0 Å². The Morgan fingerprint density at radius 2 is 2.00 bits per heavy atom. The van der Waals surface area contributed by atoms with Gasteiger partial charge in [0.2, 0.25) is 5.91 Å². The Morgan fingerprint density at radius 1 is 1.25 bits per heavy atom. The first-order valence-corrected chi connectivity index (χ1v) is 9.46. The van der Waals surface area contributed by atoms with Crippen molar-refractivity contribution in [3.63, 3.8) is 0 Å². The van der Waals surface area contributed by atoms with Crippen LogP contribution in [-0.4, -0.2) is 46.3 Å². The van der Waals surface area contributed by atoms with E-state index in [1.165, 1.54) is 12.8 Å². The fourth-order valence-corrected chi connectivity index (χ4v) is 4.10. The fraction of sp³-hybridized carbons (Fsp3) is 0.789. The summed E-state index contributed by atoms with van der Waals surface area (Å²) in [7, 11) is 0. The Kier molecular flexibility index (Phi) is 5.59. The van der Waals surface area contributed by atoms with Crippen molar-refractivity contribution in [1.29, 1.82) is 0 Å². The monoisotopic (exact) mass is 333 g/mol. The molecule has 1 amide bonds. The van der Waals surface area contributed by atoms with Gasteiger partial charge in [0, 0.05) is 30.5 Å². The molecule has 1 aromatic rings. The molecule has 5 heteroatoms. The van der Waals surface area contributed by atoms with Crippen molar-refractivity contribution >= 4 is 5.91 Å². The van der Waals surface area contributed by atoms with Gasteiger partial charge in [0.05, 0.1) is 18.2 Å². The van der Waals surface area contributed by atoms with E-state index in [1.54, 1.807) is 0 Å². The molecule has 1 saturated heterocycles. The highest BCUT2D eigenvalue weighted by Gasteiger charge is 2.31. The number of aromatic amines is 1. The lowest BCUT2D eigenvalue weighted by Gasteiger charge is -2.37. The molecule has 0 radical (unpaired) electrons. The molecular formula is C19H31N3O2. The number of aryl methyl sites for hydroxylation is 2. The van der Waals surface area contributed by atoms with Crippen LogP contribution in [0.15, 0.2) is 0 Å². The lowest BCUT2D eigenvalue weighted by Crippen LogP contribution is -2.46. The van der Waals surface area contributed by atoms with Gasteiger partial charge >= 0.3 is 0 Å². The van der Waals surface area contributed by atoms with Crippen molar-refractivity contribution in [2.24, 2.45) is 5.92 Å². The average molecular weight is 333 g/mol. The van der Waals surface area contributed by atoms with Crippen molar-refractivity contribution in [1.82, 2.24) is 15.1 Å². The highest BCUT2D eigenvalue weighted by Crippen LogP contribution is 2.29. The molecule has 0 unspecified atom stereocenters. The number of nitrogens with zero attached hydrogens (tertiary/aromatic N) is 2. The first-order chi connectivity index (χ1) is 11.5. The summed E-state index contributed by atoms with van der Waals surface area (Å²) in [5.74, 6) is 1.02. The molecule has 1 aromatic heterocycles. The Bertz CT molecular complexity index is 535. The van der Waals surface area contributed by atoms with Gasteiger partial charge in [0.25, 0.3) is 0 Å². The number of amides is 1. The summed E-state index contributed by atoms with van der Waals surface area (Å²) in [5.41, 5.74) is 3.01. The Hall–Kier alpha value is -1.36. The summed E-state index contributed by atoms with van der Waals surface area (Å²) in [4.78, 5) is 15.2. The smallest absolute Gasteiger partial charge is 0.227 e. The van der Waals surface area contributed by atoms with E-state index < -0.39 is 0 Å². The third-order valence-electron chi connectivity index (χ3n) is 5.78. The first kappa shape index (κ1) is 17.5. The highest BCUT2D eigenvalue weighted by atomic mass is 16.5.